The van der Waals surface area contributed by atoms with Crippen LogP contribution in [0.2, 0.25) is 0 Å². The van der Waals surface area contributed by atoms with Crippen molar-refractivity contribution in [3.63, 3.8) is 0 Å². The smallest absolute Gasteiger partial charge is 0.229 e. The second-order valence-corrected chi connectivity index (χ2v) is 5.31. The Morgan fingerprint density at radius 3 is 2.67 bits per heavy atom. The van der Waals surface area contributed by atoms with E-state index in [4.69, 9.17) is 5.11 Å². The highest BCUT2D eigenvalue weighted by molar-refractivity contribution is 9.10. The third-order valence-electron chi connectivity index (χ3n) is 3.08. The minimum atomic E-state index is -0.0305. The molecule has 100 valence electrons. The average molecular weight is 314 g/mol. The summed E-state index contributed by atoms with van der Waals surface area (Å²) < 4.78 is 1.02. The van der Waals surface area contributed by atoms with Crippen molar-refractivity contribution in [3.05, 3.63) is 28.2 Å². The fraction of sp³-hybridized carbons (Fsp3) is 0.500. The highest BCUT2D eigenvalue weighted by Crippen LogP contribution is 2.24. The van der Waals surface area contributed by atoms with Gasteiger partial charge in [-0.2, -0.15) is 0 Å². The summed E-state index contributed by atoms with van der Waals surface area (Å²) in [5.41, 5.74) is 1.92. The van der Waals surface area contributed by atoms with Crippen LogP contribution in [0.4, 0.5) is 5.69 Å². The molecule has 0 aliphatic rings. The van der Waals surface area contributed by atoms with E-state index in [1.807, 2.05) is 39.0 Å². The van der Waals surface area contributed by atoms with E-state index in [1.165, 1.54) is 0 Å². The van der Waals surface area contributed by atoms with Gasteiger partial charge in [0.05, 0.1) is 6.61 Å². The first kappa shape index (κ1) is 15.2. The van der Waals surface area contributed by atoms with Crippen LogP contribution in [0.15, 0.2) is 22.7 Å². The van der Waals surface area contributed by atoms with Gasteiger partial charge in [0.1, 0.15) is 0 Å². The van der Waals surface area contributed by atoms with Crippen LogP contribution in [0.1, 0.15) is 25.8 Å². The first-order valence-electron chi connectivity index (χ1n) is 6.19. The van der Waals surface area contributed by atoms with E-state index in [2.05, 4.69) is 15.9 Å². The van der Waals surface area contributed by atoms with Crippen molar-refractivity contribution < 1.29 is 9.90 Å². The topological polar surface area (TPSA) is 40.5 Å². The lowest BCUT2D eigenvalue weighted by atomic mass is 10.1. The third-order valence-corrected chi connectivity index (χ3v) is 3.97. The summed E-state index contributed by atoms with van der Waals surface area (Å²) in [6.07, 6.45) is 0.802. The van der Waals surface area contributed by atoms with Crippen molar-refractivity contribution in [2.75, 3.05) is 18.1 Å². The molecule has 1 atom stereocenters. The predicted molar refractivity (Wildman–Crippen MR) is 77.8 cm³/mol. The lowest BCUT2D eigenvalue weighted by molar-refractivity contribution is -0.122. The van der Waals surface area contributed by atoms with Crippen LogP contribution in [0.25, 0.3) is 0 Å². The molecule has 1 rings (SSSR count). The summed E-state index contributed by atoms with van der Waals surface area (Å²) in [4.78, 5) is 13.9. The van der Waals surface area contributed by atoms with Gasteiger partial charge in [0.25, 0.3) is 0 Å². The Labute approximate surface area is 117 Å². The van der Waals surface area contributed by atoms with E-state index in [-0.39, 0.29) is 18.4 Å². The van der Waals surface area contributed by atoms with Gasteiger partial charge in [0.15, 0.2) is 0 Å². The fourth-order valence-electron chi connectivity index (χ4n) is 1.70. The monoisotopic (exact) mass is 313 g/mol. The lowest BCUT2D eigenvalue weighted by Crippen LogP contribution is -2.37. The Kier molecular flexibility index (Phi) is 5.82. The van der Waals surface area contributed by atoms with E-state index in [0.717, 1.165) is 22.1 Å². The van der Waals surface area contributed by atoms with Gasteiger partial charge in [-0.1, -0.05) is 29.8 Å². The highest BCUT2D eigenvalue weighted by atomic mass is 79.9. The minimum absolute atomic E-state index is 0.0273. The second-order valence-electron chi connectivity index (χ2n) is 4.46. The van der Waals surface area contributed by atoms with Gasteiger partial charge in [0, 0.05) is 22.6 Å². The van der Waals surface area contributed by atoms with E-state index in [9.17, 15) is 4.79 Å². The Balaban J connectivity index is 3.03. The summed E-state index contributed by atoms with van der Waals surface area (Å²) in [6, 6.07) is 5.78. The summed E-state index contributed by atoms with van der Waals surface area (Å²) in [6.45, 7) is 6.20. The van der Waals surface area contributed by atoms with Crippen LogP contribution in [-0.4, -0.2) is 24.2 Å². The molecule has 3 nitrogen and oxygen atoms in total. The molecule has 4 heteroatoms. The lowest BCUT2D eigenvalue weighted by Gasteiger charge is -2.25. The van der Waals surface area contributed by atoms with E-state index in [0.29, 0.717) is 6.54 Å². The van der Waals surface area contributed by atoms with Crippen LogP contribution in [0, 0.1) is 12.8 Å². The van der Waals surface area contributed by atoms with Crippen LogP contribution < -0.4 is 4.90 Å². The van der Waals surface area contributed by atoms with Crippen molar-refractivity contribution in [2.45, 2.75) is 27.2 Å². The molecule has 0 spiro atoms. The Bertz CT molecular complexity index is 420. The maximum atomic E-state index is 12.3. The molecule has 0 bridgehead atoms. The number of aliphatic hydroxyl groups excluding tert-OH is 1. The van der Waals surface area contributed by atoms with Gasteiger partial charge < -0.3 is 10.0 Å². The molecule has 18 heavy (non-hydrogen) atoms. The summed E-state index contributed by atoms with van der Waals surface area (Å²) >= 11 is 3.44. The number of amides is 1. The zero-order valence-electron chi connectivity index (χ0n) is 11.1. The first-order valence-corrected chi connectivity index (χ1v) is 6.99. The Morgan fingerprint density at radius 1 is 1.50 bits per heavy atom. The van der Waals surface area contributed by atoms with Crippen molar-refractivity contribution in [1.29, 1.82) is 0 Å². The number of anilines is 1. The molecule has 1 amide bonds. The predicted octanol–water partition coefficient (Wildman–Crippen LogP) is 3.13. The van der Waals surface area contributed by atoms with Gasteiger partial charge in [-0.25, -0.2) is 0 Å². The van der Waals surface area contributed by atoms with E-state index in [1.54, 1.807) is 4.90 Å². The normalized spacial score (nSPS) is 12.3. The fourth-order valence-corrected chi connectivity index (χ4v) is 1.95. The van der Waals surface area contributed by atoms with Crippen LogP contribution in [0.5, 0.6) is 0 Å². The molecule has 0 radical (unpaired) electrons. The van der Waals surface area contributed by atoms with Gasteiger partial charge in [-0.3, -0.25) is 4.79 Å². The number of benzene rings is 1. The van der Waals surface area contributed by atoms with Gasteiger partial charge in [0.2, 0.25) is 5.91 Å². The molecule has 1 aromatic carbocycles. The molecule has 1 aromatic rings. The number of aliphatic hydroxyl groups is 1. The molecule has 0 saturated heterocycles. The molecule has 0 aliphatic heterocycles. The van der Waals surface area contributed by atoms with Crippen molar-refractivity contribution in [2.24, 2.45) is 5.92 Å². The molecule has 0 heterocycles. The maximum Gasteiger partial charge on any atom is 0.229 e. The van der Waals surface area contributed by atoms with Crippen LogP contribution >= 0.6 is 15.9 Å². The second kappa shape index (κ2) is 6.90. The highest BCUT2D eigenvalue weighted by Gasteiger charge is 2.20. The zero-order valence-corrected chi connectivity index (χ0v) is 12.7. The van der Waals surface area contributed by atoms with Crippen molar-refractivity contribution in [3.8, 4) is 0 Å². The molecule has 1 N–H and O–H groups in total. The number of hydrogen-bond donors (Lipinski definition) is 1. The van der Waals surface area contributed by atoms with Crippen molar-refractivity contribution in [1.82, 2.24) is 0 Å². The average Bonchev–Trinajstić information content (AvgIpc) is 2.37. The Hall–Kier alpha value is -0.870. The first-order chi connectivity index (χ1) is 8.51. The summed E-state index contributed by atoms with van der Waals surface area (Å²) in [5, 5.41) is 9.12. The number of hydrogen-bond acceptors (Lipinski definition) is 2. The third kappa shape index (κ3) is 3.56. The van der Waals surface area contributed by atoms with Crippen LogP contribution in [-0.2, 0) is 4.79 Å². The summed E-state index contributed by atoms with van der Waals surface area (Å²) in [7, 11) is 0. The maximum absolute atomic E-state index is 12.3. The molecule has 0 saturated carbocycles. The van der Waals surface area contributed by atoms with E-state index < -0.39 is 0 Å². The molecule has 1 unspecified atom stereocenters. The quantitative estimate of drug-likeness (QED) is 0.907. The number of carbonyl (C=O) groups excluding carboxylic acids is 1. The molecule has 0 aromatic heterocycles. The number of rotatable bonds is 5. The zero-order chi connectivity index (χ0) is 13.7. The standard InChI is InChI=1S/C14H20BrNO2/c1-4-10(2)14(18)16(7-8-17)12-5-6-13(15)11(3)9-12/h5-6,9-10,17H,4,7-8H2,1-3H3. The van der Waals surface area contributed by atoms with Gasteiger partial charge in [-0.05, 0) is 37.1 Å². The number of halogens is 1. The molecule has 0 fully saturated rings. The van der Waals surface area contributed by atoms with E-state index >= 15 is 0 Å². The summed E-state index contributed by atoms with van der Waals surface area (Å²) in [5.74, 6) is 0.0359. The van der Waals surface area contributed by atoms with Gasteiger partial charge >= 0.3 is 0 Å². The number of carbonyl (C=O) groups is 1. The number of aryl methyl sites for hydroxylation is 1. The SMILES string of the molecule is CCC(C)C(=O)N(CCO)c1ccc(Br)c(C)c1. The van der Waals surface area contributed by atoms with Gasteiger partial charge in [-0.15, -0.1) is 0 Å². The van der Waals surface area contributed by atoms with Crippen LogP contribution in [0.3, 0.4) is 0 Å². The largest absolute Gasteiger partial charge is 0.395 e. The molecule has 0 aliphatic carbocycles. The molecular weight excluding hydrogens is 294 g/mol. The number of nitrogens with zero attached hydrogens (tertiary/aromatic N) is 1. The Morgan fingerprint density at radius 2 is 2.17 bits per heavy atom. The molecular formula is C14H20BrNO2. The van der Waals surface area contributed by atoms with Crippen molar-refractivity contribution >= 4 is 27.5 Å². The minimum Gasteiger partial charge on any atom is -0.395 e.